The summed E-state index contributed by atoms with van der Waals surface area (Å²) in [4.78, 5) is 5.33. The van der Waals surface area contributed by atoms with Crippen LogP contribution in [0.25, 0.3) is 0 Å². The minimum Gasteiger partial charge on any atom is -0.691 e. The van der Waals surface area contributed by atoms with Gasteiger partial charge in [-0.1, -0.05) is 13.8 Å². The monoisotopic (exact) mass is 261 g/mol. The summed E-state index contributed by atoms with van der Waals surface area (Å²) in [7, 11) is 0. The zero-order valence-electron chi connectivity index (χ0n) is 10.3. The van der Waals surface area contributed by atoms with Gasteiger partial charge in [-0.3, -0.25) is 10.0 Å². The summed E-state index contributed by atoms with van der Waals surface area (Å²) in [6.07, 6.45) is 0. The van der Waals surface area contributed by atoms with Crippen LogP contribution in [0, 0.1) is 0 Å². The molecule has 1 heterocycles. The molecule has 0 N–H and O–H groups in total. The third kappa shape index (κ3) is 2.93. The Bertz CT molecular complexity index is 448. The molecule has 0 aliphatic carbocycles. The Hall–Kier alpha value is 0.120. The Morgan fingerprint density at radius 3 is 2.71 bits per heavy atom. The number of hydrogen-bond donors (Lipinski definition) is 0. The average Bonchev–Trinajstić information content (AvgIpc) is 2.48. The van der Waals surface area contributed by atoms with Gasteiger partial charge in [0.25, 0.3) is 0 Å². The molecule has 2 rings (SSSR count). The maximum absolute atomic E-state index is 9.75. The molecule has 0 atom stereocenters. The van der Waals surface area contributed by atoms with Crippen molar-refractivity contribution >= 4 is 23.4 Å². The van der Waals surface area contributed by atoms with Crippen LogP contribution in [0.1, 0.15) is 26.3 Å². The van der Waals surface area contributed by atoms with E-state index in [2.05, 4.69) is 28.2 Å². The van der Waals surface area contributed by atoms with Crippen molar-refractivity contribution in [1.82, 2.24) is 0 Å². The van der Waals surface area contributed by atoms with Crippen molar-refractivity contribution < 1.29 is 44.2 Å². The van der Waals surface area contributed by atoms with Gasteiger partial charge in [0.15, 0.2) is 0 Å². The first-order chi connectivity index (χ1) is 7.55. The van der Waals surface area contributed by atoms with Crippen LogP contribution >= 0.6 is 12.0 Å². The summed E-state index contributed by atoms with van der Waals surface area (Å²) in [6, 6.07) is 5.74. The molecule has 0 bridgehead atoms. The number of benzene rings is 1. The molecule has 6 heteroatoms. The Kier molecular flexibility index (Phi) is 5.21. The topological polar surface area (TPSA) is 53.9 Å². The van der Waals surface area contributed by atoms with E-state index in [1.165, 1.54) is 0 Å². The van der Waals surface area contributed by atoms with Crippen LogP contribution in [0.2, 0.25) is 0 Å². The summed E-state index contributed by atoms with van der Waals surface area (Å²) < 4.78 is 4.30. The summed E-state index contributed by atoms with van der Waals surface area (Å²) in [5.41, 5.74) is 3.15. The molecule has 0 saturated carbocycles. The Balaban J connectivity index is 0.00000144. The first-order valence-electron chi connectivity index (χ1n) is 4.89. The molecule has 1 aromatic carbocycles. The van der Waals surface area contributed by atoms with Crippen LogP contribution in [-0.4, -0.2) is 5.71 Å². The van der Waals surface area contributed by atoms with Crippen LogP contribution in [0.3, 0.4) is 0 Å². The molecule has 0 aromatic heterocycles. The fourth-order valence-electron chi connectivity index (χ4n) is 1.73. The van der Waals surface area contributed by atoms with Gasteiger partial charge in [0, 0.05) is 16.0 Å². The zero-order valence-corrected chi connectivity index (χ0v) is 13.1. The van der Waals surface area contributed by atoms with Crippen molar-refractivity contribution in [2.75, 3.05) is 0 Å². The molecule has 86 valence electrons. The molecule has 1 aromatic rings. The van der Waals surface area contributed by atoms with Gasteiger partial charge in [-0.2, -0.15) is 4.33 Å². The van der Waals surface area contributed by atoms with E-state index in [1.807, 2.05) is 25.1 Å². The largest absolute Gasteiger partial charge is 1.00 e. The molecule has 0 unspecified atom stereocenters. The van der Waals surface area contributed by atoms with Gasteiger partial charge in [0.1, 0.15) is 0 Å². The fourth-order valence-corrected chi connectivity index (χ4v) is 2.13. The molecule has 0 spiro atoms. The minimum atomic E-state index is -0.0653. The number of fused-ring (bicyclic) bond motifs is 1. The van der Waals surface area contributed by atoms with E-state index < -0.39 is 0 Å². The Morgan fingerprint density at radius 2 is 2.06 bits per heavy atom. The molecule has 0 amide bonds. The van der Waals surface area contributed by atoms with E-state index in [9.17, 15) is 5.26 Å². The van der Waals surface area contributed by atoms with E-state index in [0.717, 1.165) is 33.9 Å². The van der Waals surface area contributed by atoms with Gasteiger partial charge < -0.3 is 5.26 Å². The van der Waals surface area contributed by atoms with Gasteiger partial charge in [-0.15, -0.1) is 0 Å². The van der Waals surface area contributed by atoms with Crippen LogP contribution < -0.4 is 34.8 Å². The quantitative estimate of drug-likeness (QED) is 0.313. The smallest absolute Gasteiger partial charge is 0.691 e. The molecular formula is C11H12NNaO3S. The van der Waals surface area contributed by atoms with Gasteiger partial charge >= 0.3 is 29.6 Å². The van der Waals surface area contributed by atoms with E-state index in [0.29, 0.717) is 0 Å². The Morgan fingerprint density at radius 1 is 1.35 bits per heavy atom. The van der Waals surface area contributed by atoms with Crippen LogP contribution in [-0.2, 0) is 14.8 Å². The van der Waals surface area contributed by atoms with Gasteiger partial charge in [0.05, 0.1) is 17.7 Å². The van der Waals surface area contributed by atoms with E-state index in [1.54, 1.807) is 0 Å². The predicted molar refractivity (Wildman–Crippen MR) is 60.3 cm³/mol. The SMILES string of the molecule is CC1=Nc2ccc(SOO[O-])cc2C1(C)C.[Na+]. The third-order valence-electron chi connectivity index (χ3n) is 2.99. The molecule has 4 nitrogen and oxygen atoms in total. The fraction of sp³-hybridized carbons (Fsp3) is 0.364. The number of rotatable bonds is 3. The van der Waals surface area contributed by atoms with Crippen molar-refractivity contribution in [3.8, 4) is 0 Å². The first kappa shape index (κ1) is 15.2. The van der Waals surface area contributed by atoms with Crippen molar-refractivity contribution in [1.29, 1.82) is 0 Å². The van der Waals surface area contributed by atoms with Crippen molar-refractivity contribution in [2.24, 2.45) is 4.99 Å². The second kappa shape index (κ2) is 5.84. The standard InChI is InChI=1S/C11H13NO3S.Na/c1-7-11(2,3)9-6-8(16-15-14-13)4-5-10(9)12-7;/h4-6,13H,1-3H3;/q;+1/p-1. The molecular weight excluding hydrogens is 249 g/mol. The number of hydrogen-bond acceptors (Lipinski definition) is 5. The summed E-state index contributed by atoms with van der Waals surface area (Å²) in [5, 5.41) is 13.1. The Labute approximate surface area is 127 Å². The predicted octanol–water partition coefficient (Wildman–Crippen LogP) is -0.695. The zero-order chi connectivity index (χ0) is 11.8. The van der Waals surface area contributed by atoms with Crippen molar-refractivity contribution in [2.45, 2.75) is 31.1 Å². The van der Waals surface area contributed by atoms with Crippen LogP contribution in [0.4, 0.5) is 5.69 Å². The van der Waals surface area contributed by atoms with Gasteiger partial charge in [-0.25, -0.2) is 0 Å². The molecule has 0 fully saturated rings. The first-order valence-corrected chi connectivity index (χ1v) is 5.63. The maximum atomic E-state index is 9.75. The van der Waals surface area contributed by atoms with E-state index >= 15 is 0 Å². The summed E-state index contributed by atoms with van der Waals surface area (Å²) >= 11 is 0.903. The molecule has 0 saturated heterocycles. The minimum absolute atomic E-state index is 0. The summed E-state index contributed by atoms with van der Waals surface area (Å²) in [6.45, 7) is 6.26. The van der Waals surface area contributed by atoms with Crippen molar-refractivity contribution in [3.63, 3.8) is 0 Å². The average molecular weight is 261 g/mol. The van der Waals surface area contributed by atoms with Crippen LogP contribution in [0.5, 0.6) is 0 Å². The molecule has 1 aliphatic heterocycles. The van der Waals surface area contributed by atoms with Crippen molar-refractivity contribution in [3.05, 3.63) is 23.8 Å². The second-order valence-electron chi connectivity index (χ2n) is 4.22. The second-order valence-corrected chi connectivity index (χ2v) is 4.99. The molecule has 17 heavy (non-hydrogen) atoms. The van der Waals surface area contributed by atoms with Gasteiger partial charge in [-0.05, 0) is 30.7 Å². The number of aliphatic imine (C=N–C) groups is 1. The maximum Gasteiger partial charge on any atom is 1.00 e. The molecule has 0 radical (unpaired) electrons. The van der Waals surface area contributed by atoms with E-state index in [-0.39, 0.29) is 35.0 Å². The van der Waals surface area contributed by atoms with Crippen LogP contribution in [0.15, 0.2) is 28.1 Å². The molecule has 1 aliphatic rings. The summed E-state index contributed by atoms with van der Waals surface area (Å²) in [5.74, 6) is 0. The third-order valence-corrected chi connectivity index (χ3v) is 3.56. The number of nitrogens with zero attached hydrogens (tertiary/aromatic N) is 1. The normalized spacial score (nSPS) is 16.1. The van der Waals surface area contributed by atoms with Gasteiger partial charge in [0.2, 0.25) is 0 Å². The van der Waals surface area contributed by atoms with E-state index in [4.69, 9.17) is 0 Å².